The standard InChI is InChI=1S/C20H22N2O2S/c1-15-13-18(17-9-6-10-19(24-2)20(17)22-15)21-11-12-25(23)14-16-7-4-3-5-8-16/h3-10,13H,11-12,14H2,1-2H3,(H,21,22). The molecule has 0 fully saturated rings. The van der Waals surface area contributed by atoms with Crippen LogP contribution in [0.3, 0.4) is 0 Å². The number of methoxy groups -OCH3 is 1. The summed E-state index contributed by atoms with van der Waals surface area (Å²) in [6.45, 7) is 2.61. The summed E-state index contributed by atoms with van der Waals surface area (Å²) in [5.74, 6) is 1.95. The van der Waals surface area contributed by atoms with Crippen molar-refractivity contribution in [3.63, 3.8) is 0 Å². The van der Waals surface area contributed by atoms with Gasteiger partial charge in [-0.05, 0) is 24.6 Å². The molecule has 5 heteroatoms. The molecule has 130 valence electrons. The Morgan fingerprint density at radius 3 is 2.68 bits per heavy atom. The van der Waals surface area contributed by atoms with E-state index < -0.39 is 10.8 Å². The van der Waals surface area contributed by atoms with Crippen LogP contribution in [-0.2, 0) is 16.6 Å². The molecule has 0 radical (unpaired) electrons. The number of hydrogen-bond acceptors (Lipinski definition) is 4. The average Bonchev–Trinajstić information content (AvgIpc) is 2.62. The Labute approximate surface area is 150 Å². The second-order valence-corrected chi connectivity index (χ2v) is 7.44. The number of ether oxygens (including phenoxy) is 1. The zero-order valence-corrected chi connectivity index (χ0v) is 15.3. The quantitative estimate of drug-likeness (QED) is 0.699. The van der Waals surface area contributed by atoms with Crippen LogP contribution >= 0.6 is 0 Å². The molecule has 0 amide bonds. The number of rotatable bonds is 7. The molecule has 0 saturated carbocycles. The van der Waals surface area contributed by atoms with Crippen LogP contribution in [-0.4, -0.2) is 28.6 Å². The number of nitrogens with zero attached hydrogens (tertiary/aromatic N) is 1. The summed E-state index contributed by atoms with van der Waals surface area (Å²) in [5, 5.41) is 4.42. The zero-order valence-electron chi connectivity index (χ0n) is 14.5. The minimum absolute atomic E-state index is 0.590. The number of aromatic nitrogens is 1. The van der Waals surface area contributed by atoms with Gasteiger partial charge in [0.05, 0.1) is 7.11 Å². The number of benzene rings is 2. The fourth-order valence-corrected chi connectivity index (χ4v) is 3.83. The molecule has 2 aromatic carbocycles. The van der Waals surface area contributed by atoms with Gasteiger partial charge in [0.2, 0.25) is 0 Å². The highest BCUT2D eigenvalue weighted by Gasteiger charge is 2.09. The Morgan fingerprint density at radius 2 is 1.92 bits per heavy atom. The lowest BCUT2D eigenvalue weighted by Gasteiger charge is -2.12. The van der Waals surface area contributed by atoms with Crippen molar-refractivity contribution in [3.05, 3.63) is 65.9 Å². The van der Waals surface area contributed by atoms with E-state index in [-0.39, 0.29) is 0 Å². The number of para-hydroxylation sites is 1. The van der Waals surface area contributed by atoms with Gasteiger partial charge in [0, 0.05) is 45.6 Å². The van der Waals surface area contributed by atoms with Crippen LogP contribution in [0.1, 0.15) is 11.3 Å². The van der Waals surface area contributed by atoms with Crippen molar-refractivity contribution in [1.29, 1.82) is 0 Å². The molecule has 25 heavy (non-hydrogen) atoms. The second-order valence-electron chi connectivity index (χ2n) is 5.87. The lowest BCUT2D eigenvalue weighted by atomic mass is 10.1. The van der Waals surface area contributed by atoms with Crippen molar-refractivity contribution in [2.24, 2.45) is 0 Å². The van der Waals surface area contributed by atoms with E-state index in [2.05, 4.69) is 10.3 Å². The van der Waals surface area contributed by atoms with Gasteiger partial charge in [-0.1, -0.05) is 42.5 Å². The zero-order chi connectivity index (χ0) is 17.6. The lowest BCUT2D eigenvalue weighted by molar-refractivity contribution is 0.419. The highest BCUT2D eigenvalue weighted by molar-refractivity contribution is 7.84. The molecule has 0 saturated heterocycles. The van der Waals surface area contributed by atoms with Crippen LogP contribution in [0.4, 0.5) is 5.69 Å². The molecule has 0 aliphatic heterocycles. The summed E-state index contributed by atoms with van der Waals surface area (Å²) < 4.78 is 17.7. The van der Waals surface area contributed by atoms with E-state index in [9.17, 15) is 4.21 Å². The van der Waals surface area contributed by atoms with Gasteiger partial charge in [-0.3, -0.25) is 4.21 Å². The molecule has 0 spiro atoms. The molecule has 1 aromatic heterocycles. The van der Waals surface area contributed by atoms with Gasteiger partial charge < -0.3 is 10.1 Å². The largest absolute Gasteiger partial charge is 0.494 e. The fraction of sp³-hybridized carbons (Fsp3) is 0.250. The lowest BCUT2D eigenvalue weighted by Crippen LogP contribution is -2.12. The number of hydrogen-bond donors (Lipinski definition) is 1. The fourth-order valence-electron chi connectivity index (χ4n) is 2.79. The van der Waals surface area contributed by atoms with Crippen molar-refractivity contribution in [1.82, 2.24) is 4.98 Å². The van der Waals surface area contributed by atoms with E-state index in [1.165, 1.54) is 0 Å². The van der Waals surface area contributed by atoms with Crippen molar-refractivity contribution in [2.45, 2.75) is 12.7 Å². The molecule has 0 bridgehead atoms. The van der Waals surface area contributed by atoms with Crippen molar-refractivity contribution in [3.8, 4) is 5.75 Å². The average molecular weight is 354 g/mol. The first-order valence-corrected chi connectivity index (χ1v) is 9.73. The number of aryl methyl sites for hydroxylation is 1. The van der Waals surface area contributed by atoms with E-state index in [1.54, 1.807) is 7.11 Å². The minimum Gasteiger partial charge on any atom is -0.494 e. The van der Waals surface area contributed by atoms with Crippen molar-refractivity contribution >= 4 is 27.4 Å². The molecular formula is C20H22N2O2S. The van der Waals surface area contributed by atoms with Crippen LogP contribution in [0.15, 0.2) is 54.6 Å². The smallest absolute Gasteiger partial charge is 0.145 e. The third kappa shape index (κ3) is 4.37. The summed E-state index contributed by atoms with van der Waals surface area (Å²) in [6, 6.07) is 17.8. The van der Waals surface area contributed by atoms with E-state index in [0.29, 0.717) is 18.1 Å². The van der Waals surface area contributed by atoms with Gasteiger partial charge in [0.1, 0.15) is 11.3 Å². The van der Waals surface area contributed by atoms with E-state index in [1.807, 2.05) is 61.5 Å². The number of pyridine rings is 1. The summed E-state index contributed by atoms with van der Waals surface area (Å²) in [4.78, 5) is 4.58. The van der Waals surface area contributed by atoms with Gasteiger partial charge in [0.25, 0.3) is 0 Å². The molecule has 3 aromatic rings. The maximum Gasteiger partial charge on any atom is 0.145 e. The number of nitrogens with one attached hydrogen (secondary N) is 1. The second kappa shape index (κ2) is 8.12. The van der Waals surface area contributed by atoms with E-state index >= 15 is 0 Å². The molecule has 3 rings (SSSR count). The number of anilines is 1. The molecule has 1 N–H and O–H groups in total. The van der Waals surface area contributed by atoms with Crippen LogP contribution in [0, 0.1) is 6.92 Å². The molecule has 1 heterocycles. The third-order valence-corrected chi connectivity index (χ3v) is 5.28. The first kappa shape index (κ1) is 17.4. The van der Waals surface area contributed by atoms with Crippen molar-refractivity contribution in [2.75, 3.05) is 24.7 Å². The van der Waals surface area contributed by atoms with E-state index in [0.717, 1.165) is 33.6 Å². The Bertz CT molecular complexity index is 882. The Hall–Kier alpha value is -2.40. The van der Waals surface area contributed by atoms with Gasteiger partial charge in [-0.2, -0.15) is 0 Å². The maximum absolute atomic E-state index is 12.3. The van der Waals surface area contributed by atoms with Gasteiger partial charge >= 0.3 is 0 Å². The molecule has 1 unspecified atom stereocenters. The van der Waals surface area contributed by atoms with Gasteiger partial charge in [0.15, 0.2) is 0 Å². The molecule has 0 aliphatic rings. The first-order valence-electron chi connectivity index (χ1n) is 8.24. The predicted octanol–water partition coefficient (Wildman–Crippen LogP) is 3.91. The molecule has 1 atom stereocenters. The molecule has 4 nitrogen and oxygen atoms in total. The normalized spacial score (nSPS) is 12.1. The highest BCUT2D eigenvalue weighted by Crippen LogP contribution is 2.29. The van der Waals surface area contributed by atoms with Crippen molar-refractivity contribution < 1.29 is 8.95 Å². The summed E-state index contributed by atoms with van der Waals surface area (Å²) in [5.41, 5.74) is 3.87. The van der Waals surface area contributed by atoms with Crippen LogP contribution < -0.4 is 10.1 Å². The van der Waals surface area contributed by atoms with Crippen LogP contribution in [0.25, 0.3) is 10.9 Å². The minimum atomic E-state index is -0.893. The van der Waals surface area contributed by atoms with Crippen LogP contribution in [0.2, 0.25) is 0 Å². The highest BCUT2D eigenvalue weighted by atomic mass is 32.2. The summed E-state index contributed by atoms with van der Waals surface area (Å²) >= 11 is 0. The first-order chi connectivity index (χ1) is 12.2. The Balaban J connectivity index is 1.68. The SMILES string of the molecule is COc1cccc2c(NCCS(=O)Cc3ccccc3)cc(C)nc12. The summed E-state index contributed by atoms with van der Waals surface area (Å²) in [6.07, 6.45) is 0. The number of fused-ring (bicyclic) bond motifs is 1. The van der Waals surface area contributed by atoms with Crippen LogP contribution in [0.5, 0.6) is 5.75 Å². The predicted molar refractivity (Wildman–Crippen MR) is 105 cm³/mol. The van der Waals surface area contributed by atoms with E-state index in [4.69, 9.17) is 4.74 Å². The third-order valence-electron chi connectivity index (χ3n) is 3.97. The maximum atomic E-state index is 12.3. The Morgan fingerprint density at radius 1 is 1.12 bits per heavy atom. The Kier molecular flexibility index (Phi) is 5.66. The van der Waals surface area contributed by atoms with Gasteiger partial charge in [-0.15, -0.1) is 0 Å². The molecule has 0 aliphatic carbocycles. The van der Waals surface area contributed by atoms with Gasteiger partial charge in [-0.25, -0.2) is 4.98 Å². The monoisotopic (exact) mass is 354 g/mol. The molecular weight excluding hydrogens is 332 g/mol. The summed E-state index contributed by atoms with van der Waals surface area (Å²) in [7, 11) is 0.759. The topological polar surface area (TPSA) is 51.2 Å².